The van der Waals surface area contributed by atoms with Gasteiger partial charge in [0.2, 0.25) is 0 Å². The van der Waals surface area contributed by atoms with Crippen LogP contribution in [-0.4, -0.2) is 51.9 Å². The number of furan rings is 1. The van der Waals surface area contributed by atoms with Gasteiger partial charge in [0.1, 0.15) is 28.9 Å². The van der Waals surface area contributed by atoms with Crippen LogP contribution in [0.15, 0.2) is 65.2 Å². The van der Waals surface area contributed by atoms with Crippen molar-refractivity contribution >= 4 is 34.3 Å². The average Bonchev–Trinajstić information content (AvgIpc) is 3.23. The smallest absolute Gasteiger partial charge is 0.289 e. The van der Waals surface area contributed by atoms with Crippen LogP contribution in [-0.2, 0) is 0 Å². The van der Waals surface area contributed by atoms with Crippen LogP contribution in [0.2, 0.25) is 0 Å². The number of carbonyl (C=O) groups excluding carboxylic acids is 1. The first-order chi connectivity index (χ1) is 15.2. The molecule has 1 saturated heterocycles. The summed E-state index contributed by atoms with van der Waals surface area (Å²) in [6.07, 6.45) is 1.73. The largest absolute Gasteiger partial charge is 0.451 e. The molecule has 156 valence electrons. The molecule has 0 unspecified atom stereocenters. The summed E-state index contributed by atoms with van der Waals surface area (Å²) < 4.78 is 5.74. The Kier molecular flexibility index (Phi) is 4.95. The van der Waals surface area contributed by atoms with E-state index in [0.717, 1.165) is 22.6 Å². The molecule has 8 heteroatoms. The van der Waals surface area contributed by atoms with Crippen molar-refractivity contribution in [2.24, 2.45) is 0 Å². The second kappa shape index (κ2) is 8.06. The molecule has 1 amide bonds. The number of fused-ring (bicyclic) bond motifs is 1. The number of nitrogens with zero attached hydrogens (tertiary/aromatic N) is 5. The number of pyridine rings is 1. The highest BCUT2D eigenvalue weighted by molar-refractivity contribution is 5.96. The fourth-order valence-electron chi connectivity index (χ4n) is 3.73. The van der Waals surface area contributed by atoms with Crippen molar-refractivity contribution in [3.05, 3.63) is 72.4 Å². The number of anilines is 3. The molecule has 5 rings (SSSR count). The lowest BCUT2D eigenvalue weighted by atomic mass is 10.2. The van der Waals surface area contributed by atoms with Crippen molar-refractivity contribution in [3.63, 3.8) is 0 Å². The zero-order valence-corrected chi connectivity index (χ0v) is 17.2. The molecule has 8 nitrogen and oxygen atoms in total. The number of aromatic nitrogens is 3. The number of para-hydroxylation sites is 1. The number of hydrogen-bond acceptors (Lipinski definition) is 7. The number of nitrogens with one attached hydrogen (secondary N) is 1. The van der Waals surface area contributed by atoms with E-state index in [1.807, 2.05) is 66.4 Å². The van der Waals surface area contributed by atoms with Gasteiger partial charge in [-0.05, 0) is 31.2 Å². The van der Waals surface area contributed by atoms with Gasteiger partial charge in [0.25, 0.3) is 5.91 Å². The maximum absolute atomic E-state index is 12.9. The van der Waals surface area contributed by atoms with E-state index >= 15 is 0 Å². The number of hydrogen-bond donors (Lipinski definition) is 1. The van der Waals surface area contributed by atoms with E-state index in [0.29, 0.717) is 43.6 Å². The second-order valence-electron chi connectivity index (χ2n) is 7.43. The summed E-state index contributed by atoms with van der Waals surface area (Å²) in [6.45, 7) is 4.44. The van der Waals surface area contributed by atoms with Crippen molar-refractivity contribution in [2.45, 2.75) is 6.92 Å². The third-order valence-corrected chi connectivity index (χ3v) is 5.27. The summed E-state index contributed by atoms with van der Waals surface area (Å²) in [5, 5.41) is 4.16. The number of aryl methyl sites for hydroxylation is 1. The van der Waals surface area contributed by atoms with Crippen molar-refractivity contribution in [2.75, 3.05) is 36.4 Å². The highest BCUT2D eigenvalue weighted by Gasteiger charge is 2.25. The molecule has 1 fully saturated rings. The molecule has 1 N–H and O–H groups in total. The summed E-state index contributed by atoms with van der Waals surface area (Å²) in [5.74, 6) is 3.25. The average molecular weight is 414 g/mol. The quantitative estimate of drug-likeness (QED) is 0.546. The van der Waals surface area contributed by atoms with Crippen molar-refractivity contribution in [1.29, 1.82) is 0 Å². The third kappa shape index (κ3) is 4.05. The predicted octanol–water partition coefficient (Wildman–Crippen LogP) is 3.63. The summed E-state index contributed by atoms with van der Waals surface area (Å²) in [4.78, 5) is 30.2. The van der Waals surface area contributed by atoms with Crippen molar-refractivity contribution in [3.8, 4) is 0 Å². The lowest BCUT2D eigenvalue weighted by Crippen LogP contribution is -2.49. The standard InChI is InChI=1S/C23H22N6O2/c1-16-25-21(27-20-8-4-5-9-24-20)15-22(26-16)28-10-12-29(13-11-28)23(30)19-14-17-6-2-3-7-18(17)31-19/h2-9,14-15H,10-13H2,1H3,(H,24,25,26,27). The first kappa shape index (κ1) is 19.0. The summed E-state index contributed by atoms with van der Waals surface area (Å²) >= 11 is 0. The molecule has 1 aliphatic rings. The minimum atomic E-state index is -0.0766. The monoisotopic (exact) mass is 414 g/mol. The van der Waals surface area contributed by atoms with E-state index in [4.69, 9.17) is 4.42 Å². The second-order valence-corrected chi connectivity index (χ2v) is 7.43. The normalized spacial score (nSPS) is 14.1. The topological polar surface area (TPSA) is 87.4 Å². The predicted molar refractivity (Wildman–Crippen MR) is 119 cm³/mol. The fraction of sp³-hybridized carbons (Fsp3) is 0.217. The molecule has 0 radical (unpaired) electrons. The number of carbonyl (C=O) groups is 1. The lowest BCUT2D eigenvalue weighted by Gasteiger charge is -2.35. The number of piperazine rings is 1. The van der Waals surface area contributed by atoms with E-state index in [1.54, 1.807) is 6.20 Å². The van der Waals surface area contributed by atoms with Gasteiger partial charge in [0.15, 0.2) is 5.76 Å². The van der Waals surface area contributed by atoms with Gasteiger partial charge in [-0.1, -0.05) is 24.3 Å². The van der Waals surface area contributed by atoms with Crippen molar-refractivity contribution < 1.29 is 9.21 Å². The Balaban J connectivity index is 1.27. The Hall–Kier alpha value is -3.94. The summed E-state index contributed by atoms with van der Waals surface area (Å²) in [6, 6.07) is 17.1. The zero-order chi connectivity index (χ0) is 21.2. The van der Waals surface area contributed by atoms with Crippen LogP contribution in [0.4, 0.5) is 17.5 Å². The van der Waals surface area contributed by atoms with Crippen LogP contribution in [0.5, 0.6) is 0 Å². The SMILES string of the molecule is Cc1nc(Nc2ccccn2)cc(N2CCN(C(=O)c3cc4ccccc4o3)CC2)n1. The number of rotatable bonds is 4. The van der Waals surface area contributed by atoms with Crippen LogP contribution in [0.25, 0.3) is 11.0 Å². The Morgan fingerprint density at radius 1 is 0.968 bits per heavy atom. The van der Waals surface area contributed by atoms with Gasteiger partial charge < -0.3 is 19.5 Å². The van der Waals surface area contributed by atoms with Gasteiger partial charge in [0.05, 0.1) is 0 Å². The van der Waals surface area contributed by atoms with Crippen LogP contribution < -0.4 is 10.2 Å². The fourth-order valence-corrected chi connectivity index (χ4v) is 3.73. The molecule has 4 heterocycles. The van der Waals surface area contributed by atoms with E-state index < -0.39 is 0 Å². The van der Waals surface area contributed by atoms with Crippen LogP contribution in [0.3, 0.4) is 0 Å². The van der Waals surface area contributed by atoms with Crippen LogP contribution in [0.1, 0.15) is 16.4 Å². The van der Waals surface area contributed by atoms with Gasteiger partial charge in [-0.25, -0.2) is 15.0 Å². The number of benzene rings is 1. The summed E-state index contributed by atoms with van der Waals surface area (Å²) in [5.41, 5.74) is 0.730. The van der Waals surface area contributed by atoms with Crippen LogP contribution >= 0.6 is 0 Å². The minimum Gasteiger partial charge on any atom is -0.451 e. The van der Waals surface area contributed by atoms with Gasteiger partial charge in [-0.15, -0.1) is 0 Å². The molecule has 31 heavy (non-hydrogen) atoms. The molecule has 0 bridgehead atoms. The minimum absolute atomic E-state index is 0.0766. The van der Waals surface area contributed by atoms with E-state index in [1.165, 1.54) is 0 Å². The van der Waals surface area contributed by atoms with E-state index in [9.17, 15) is 4.79 Å². The maximum Gasteiger partial charge on any atom is 0.289 e. The highest BCUT2D eigenvalue weighted by Crippen LogP contribution is 2.23. The molecule has 0 aliphatic carbocycles. The molecule has 0 spiro atoms. The molecule has 1 aliphatic heterocycles. The molecule has 4 aromatic rings. The van der Waals surface area contributed by atoms with Gasteiger partial charge in [-0.3, -0.25) is 4.79 Å². The van der Waals surface area contributed by atoms with E-state index in [2.05, 4.69) is 25.2 Å². The Morgan fingerprint density at radius 2 is 1.77 bits per heavy atom. The van der Waals surface area contributed by atoms with Gasteiger partial charge in [-0.2, -0.15) is 0 Å². The Morgan fingerprint density at radius 3 is 2.55 bits per heavy atom. The highest BCUT2D eigenvalue weighted by atomic mass is 16.3. The molecule has 0 saturated carbocycles. The lowest BCUT2D eigenvalue weighted by molar-refractivity contribution is 0.0717. The number of amides is 1. The molecular weight excluding hydrogens is 392 g/mol. The molecule has 1 aromatic carbocycles. The first-order valence-corrected chi connectivity index (χ1v) is 10.2. The zero-order valence-electron chi connectivity index (χ0n) is 17.2. The molecule has 3 aromatic heterocycles. The molecule has 0 atom stereocenters. The van der Waals surface area contributed by atoms with Gasteiger partial charge in [0, 0.05) is 43.8 Å². The van der Waals surface area contributed by atoms with E-state index in [-0.39, 0.29) is 5.91 Å². The third-order valence-electron chi connectivity index (χ3n) is 5.27. The Labute approximate surface area is 179 Å². The first-order valence-electron chi connectivity index (χ1n) is 10.2. The van der Waals surface area contributed by atoms with Crippen LogP contribution in [0, 0.1) is 6.92 Å². The Bertz CT molecular complexity index is 1180. The maximum atomic E-state index is 12.9. The van der Waals surface area contributed by atoms with Crippen molar-refractivity contribution in [1.82, 2.24) is 19.9 Å². The summed E-state index contributed by atoms with van der Waals surface area (Å²) in [7, 11) is 0. The molecular formula is C23H22N6O2. The van der Waals surface area contributed by atoms with Gasteiger partial charge >= 0.3 is 0 Å².